The van der Waals surface area contributed by atoms with Crippen LogP contribution in [0.25, 0.3) is 11.4 Å². The van der Waals surface area contributed by atoms with E-state index in [0.717, 1.165) is 17.2 Å². The molecule has 0 aliphatic heterocycles. The van der Waals surface area contributed by atoms with Crippen molar-refractivity contribution in [1.82, 2.24) is 15.2 Å². The summed E-state index contributed by atoms with van der Waals surface area (Å²) in [5.74, 6) is 0. The van der Waals surface area contributed by atoms with E-state index in [-0.39, 0.29) is 5.69 Å². The van der Waals surface area contributed by atoms with Crippen molar-refractivity contribution in [3.63, 3.8) is 0 Å². The molecule has 17 heavy (non-hydrogen) atoms. The van der Waals surface area contributed by atoms with Gasteiger partial charge in [0.25, 0.3) is 0 Å². The summed E-state index contributed by atoms with van der Waals surface area (Å²) in [6, 6.07) is 2.74. The zero-order chi connectivity index (χ0) is 12.6. The molecule has 0 bridgehead atoms. The topological polar surface area (TPSA) is 39.9 Å². The second kappa shape index (κ2) is 3.87. The van der Waals surface area contributed by atoms with Gasteiger partial charge in [-0.1, -0.05) is 11.8 Å². The van der Waals surface area contributed by atoms with Gasteiger partial charge >= 0.3 is 6.18 Å². The quantitative estimate of drug-likeness (QED) is 0.769. The Hall–Kier alpha value is -1.85. The molecule has 0 spiro atoms. The molecule has 2 rings (SSSR count). The van der Waals surface area contributed by atoms with Crippen molar-refractivity contribution in [3.8, 4) is 11.4 Å². The Balaban J connectivity index is 2.44. The van der Waals surface area contributed by atoms with Crippen molar-refractivity contribution in [3.05, 3.63) is 35.2 Å². The van der Waals surface area contributed by atoms with Crippen molar-refractivity contribution in [2.45, 2.75) is 20.0 Å². The van der Waals surface area contributed by atoms with Gasteiger partial charge in [-0.2, -0.15) is 13.2 Å². The third kappa shape index (κ3) is 2.30. The SMILES string of the molecule is Cc1cnc(-c2cc(C(F)(F)F)n[n-]2)c(C)c1. The largest absolute Gasteiger partial charge is 0.573 e. The maximum atomic E-state index is 12.4. The van der Waals surface area contributed by atoms with Crippen LogP contribution in [0.4, 0.5) is 13.2 Å². The molecular formula is C11H9F3N3-. The van der Waals surface area contributed by atoms with Gasteiger partial charge in [0.1, 0.15) is 5.69 Å². The van der Waals surface area contributed by atoms with Crippen LogP contribution in [0.5, 0.6) is 0 Å². The van der Waals surface area contributed by atoms with Gasteiger partial charge in [-0.15, -0.1) is 0 Å². The van der Waals surface area contributed by atoms with Gasteiger partial charge < -0.3 is 10.2 Å². The van der Waals surface area contributed by atoms with E-state index < -0.39 is 11.9 Å². The van der Waals surface area contributed by atoms with Crippen molar-refractivity contribution in [2.75, 3.05) is 0 Å². The maximum absolute atomic E-state index is 12.4. The van der Waals surface area contributed by atoms with E-state index in [1.807, 2.05) is 13.0 Å². The number of rotatable bonds is 1. The van der Waals surface area contributed by atoms with Gasteiger partial charge in [0.15, 0.2) is 0 Å². The number of aromatic nitrogens is 3. The Morgan fingerprint density at radius 2 is 1.88 bits per heavy atom. The molecule has 2 heterocycles. The van der Waals surface area contributed by atoms with Crippen molar-refractivity contribution in [1.29, 1.82) is 0 Å². The molecule has 0 amide bonds. The average Bonchev–Trinajstić information content (AvgIpc) is 2.65. The molecule has 0 N–H and O–H groups in total. The number of hydrogen-bond acceptors (Lipinski definition) is 2. The Morgan fingerprint density at radius 1 is 1.18 bits per heavy atom. The van der Waals surface area contributed by atoms with Crippen LogP contribution in [0.15, 0.2) is 18.3 Å². The summed E-state index contributed by atoms with van der Waals surface area (Å²) in [6.45, 7) is 3.64. The number of aryl methyl sites for hydroxylation is 2. The molecule has 0 fully saturated rings. The van der Waals surface area contributed by atoms with Crippen molar-refractivity contribution in [2.24, 2.45) is 0 Å². The minimum Gasteiger partial charge on any atom is -0.573 e. The molecule has 0 saturated carbocycles. The molecular weight excluding hydrogens is 231 g/mol. The third-order valence-corrected chi connectivity index (χ3v) is 2.29. The lowest BCUT2D eigenvalue weighted by Gasteiger charge is -2.08. The summed E-state index contributed by atoms with van der Waals surface area (Å²) in [4.78, 5) is 4.07. The first-order chi connectivity index (χ1) is 7.88. The Kier molecular flexibility index (Phi) is 2.65. The molecule has 6 heteroatoms. The number of alkyl halides is 3. The van der Waals surface area contributed by atoms with E-state index in [4.69, 9.17) is 0 Å². The minimum absolute atomic E-state index is 0.148. The van der Waals surface area contributed by atoms with Crippen LogP contribution in [0.3, 0.4) is 0 Å². The van der Waals surface area contributed by atoms with Gasteiger partial charge in [-0.05, 0) is 31.0 Å². The molecule has 0 atom stereocenters. The average molecular weight is 240 g/mol. The molecule has 0 aliphatic rings. The lowest BCUT2D eigenvalue weighted by atomic mass is 10.1. The van der Waals surface area contributed by atoms with E-state index in [0.29, 0.717) is 5.69 Å². The fraction of sp³-hybridized carbons (Fsp3) is 0.273. The zero-order valence-corrected chi connectivity index (χ0v) is 9.21. The number of nitrogens with zero attached hydrogens (tertiary/aromatic N) is 3. The summed E-state index contributed by atoms with van der Waals surface area (Å²) in [5.41, 5.74) is 1.31. The van der Waals surface area contributed by atoms with Gasteiger partial charge in [0, 0.05) is 6.20 Å². The Labute approximate surface area is 95.7 Å². The van der Waals surface area contributed by atoms with Crippen LogP contribution in [-0.2, 0) is 6.18 Å². The van der Waals surface area contributed by atoms with Crippen LogP contribution in [0.2, 0.25) is 0 Å². The first kappa shape index (κ1) is 11.6. The fourth-order valence-electron chi connectivity index (χ4n) is 1.53. The van der Waals surface area contributed by atoms with Crippen LogP contribution in [-0.4, -0.2) is 10.1 Å². The summed E-state index contributed by atoms with van der Waals surface area (Å²) < 4.78 is 37.1. The monoisotopic (exact) mass is 240 g/mol. The molecule has 0 unspecified atom stereocenters. The van der Waals surface area contributed by atoms with Crippen LogP contribution >= 0.6 is 0 Å². The zero-order valence-electron chi connectivity index (χ0n) is 9.21. The minimum atomic E-state index is -4.47. The Bertz CT molecular complexity index is 543. The molecule has 0 aliphatic carbocycles. The highest BCUT2D eigenvalue weighted by atomic mass is 19.4. The van der Waals surface area contributed by atoms with Crippen LogP contribution in [0, 0.1) is 13.8 Å². The second-order valence-electron chi connectivity index (χ2n) is 3.79. The van der Waals surface area contributed by atoms with Gasteiger partial charge in [0.05, 0.1) is 5.69 Å². The van der Waals surface area contributed by atoms with E-state index in [2.05, 4.69) is 15.2 Å². The molecule has 0 aromatic carbocycles. The summed E-state index contributed by atoms with van der Waals surface area (Å²) in [6.07, 6.45) is -2.88. The van der Waals surface area contributed by atoms with E-state index in [9.17, 15) is 13.2 Å². The predicted octanol–water partition coefficient (Wildman–Crippen LogP) is 2.74. The highest BCUT2D eigenvalue weighted by molar-refractivity contribution is 5.58. The van der Waals surface area contributed by atoms with Crippen LogP contribution in [0.1, 0.15) is 16.8 Å². The highest BCUT2D eigenvalue weighted by Crippen LogP contribution is 2.30. The van der Waals surface area contributed by atoms with E-state index >= 15 is 0 Å². The smallest absolute Gasteiger partial charge is 0.431 e. The van der Waals surface area contributed by atoms with E-state index in [1.165, 1.54) is 0 Å². The molecule has 2 aromatic rings. The van der Waals surface area contributed by atoms with Gasteiger partial charge in [-0.3, -0.25) is 4.98 Å². The molecule has 0 radical (unpaired) electrons. The second-order valence-corrected chi connectivity index (χ2v) is 3.79. The summed E-state index contributed by atoms with van der Waals surface area (Å²) in [5, 5.41) is 6.62. The molecule has 90 valence electrons. The normalized spacial score (nSPS) is 11.8. The van der Waals surface area contributed by atoms with Crippen molar-refractivity contribution >= 4 is 0 Å². The predicted molar refractivity (Wildman–Crippen MR) is 55.3 cm³/mol. The maximum Gasteiger partial charge on any atom is 0.431 e. The van der Waals surface area contributed by atoms with Crippen molar-refractivity contribution < 1.29 is 13.2 Å². The number of hydrogen-bond donors (Lipinski definition) is 0. The summed E-state index contributed by atoms with van der Waals surface area (Å²) >= 11 is 0. The first-order valence-electron chi connectivity index (χ1n) is 4.89. The molecule has 3 nitrogen and oxygen atoms in total. The Morgan fingerprint density at radius 3 is 2.41 bits per heavy atom. The van der Waals surface area contributed by atoms with Gasteiger partial charge in [-0.25, -0.2) is 0 Å². The number of halogens is 3. The molecule has 0 saturated heterocycles. The third-order valence-electron chi connectivity index (χ3n) is 2.29. The van der Waals surface area contributed by atoms with E-state index in [1.54, 1.807) is 13.1 Å². The van der Waals surface area contributed by atoms with Gasteiger partial charge in [0.2, 0.25) is 0 Å². The lowest BCUT2D eigenvalue weighted by molar-refractivity contribution is -0.141. The number of pyridine rings is 1. The lowest BCUT2D eigenvalue weighted by Crippen LogP contribution is -2.04. The summed E-state index contributed by atoms with van der Waals surface area (Å²) in [7, 11) is 0. The van der Waals surface area contributed by atoms with Crippen LogP contribution < -0.4 is 5.10 Å². The highest BCUT2D eigenvalue weighted by Gasteiger charge is 2.31. The molecule has 2 aromatic heterocycles. The standard InChI is InChI=1S/C11H9F3N3/c1-6-3-7(2)10(15-5-6)8-4-9(17-16-8)11(12,13)14/h3-5H,1-2H3/q-1. The fourth-order valence-corrected chi connectivity index (χ4v) is 1.53. The first-order valence-corrected chi connectivity index (χ1v) is 4.89.